The molecular formula is C26H29N3O2. The maximum absolute atomic E-state index is 12.5. The van der Waals surface area contributed by atoms with Crippen LogP contribution in [-0.4, -0.2) is 42.5 Å². The number of rotatable bonds is 7. The number of nitrogens with zero attached hydrogens (tertiary/aromatic N) is 2. The largest absolute Gasteiger partial charge is 0.497 e. The van der Waals surface area contributed by atoms with E-state index < -0.39 is 0 Å². The predicted molar refractivity (Wildman–Crippen MR) is 124 cm³/mol. The van der Waals surface area contributed by atoms with Crippen molar-refractivity contribution in [2.45, 2.75) is 25.2 Å². The van der Waals surface area contributed by atoms with E-state index in [0.717, 1.165) is 55.2 Å². The van der Waals surface area contributed by atoms with Gasteiger partial charge >= 0.3 is 0 Å². The van der Waals surface area contributed by atoms with Crippen molar-refractivity contribution in [3.8, 4) is 5.75 Å². The third-order valence-corrected chi connectivity index (χ3v) is 5.72. The summed E-state index contributed by atoms with van der Waals surface area (Å²) in [5, 5.41) is 2.98. The standard InChI is InChI=1S/C26H29N3O2/c1-31-24-14-12-22(13-15-24)28-26(30)19-29-16-6-9-21(18-29)25-11-5-10-23(27-25)17-20-7-3-2-4-8-20/h2-5,7-8,10-15,21H,6,9,16-19H2,1H3,(H,28,30)/t21-/m0/s1. The molecule has 2 aromatic carbocycles. The lowest BCUT2D eigenvalue weighted by Crippen LogP contribution is -2.40. The quantitative estimate of drug-likeness (QED) is 0.617. The summed E-state index contributed by atoms with van der Waals surface area (Å²) >= 11 is 0. The molecule has 1 fully saturated rings. The summed E-state index contributed by atoms with van der Waals surface area (Å²) in [6.07, 6.45) is 3.03. The first kappa shape index (κ1) is 21.1. The van der Waals surface area contributed by atoms with Crippen molar-refractivity contribution in [1.29, 1.82) is 0 Å². The summed E-state index contributed by atoms with van der Waals surface area (Å²) in [6, 6.07) is 24.2. The number of anilines is 1. The van der Waals surface area contributed by atoms with Crippen molar-refractivity contribution >= 4 is 11.6 Å². The summed E-state index contributed by atoms with van der Waals surface area (Å²) in [5.74, 6) is 1.15. The summed E-state index contributed by atoms with van der Waals surface area (Å²) < 4.78 is 5.16. The summed E-state index contributed by atoms with van der Waals surface area (Å²) in [5.41, 5.74) is 4.29. The van der Waals surface area contributed by atoms with Crippen LogP contribution in [0.15, 0.2) is 72.8 Å². The van der Waals surface area contributed by atoms with Crippen LogP contribution in [0.5, 0.6) is 5.75 Å². The third-order valence-electron chi connectivity index (χ3n) is 5.72. The molecule has 0 aliphatic carbocycles. The van der Waals surface area contributed by atoms with Gasteiger partial charge in [-0.1, -0.05) is 36.4 Å². The van der Waals surface area contributed by atoms with Crippen LogP contribution in [0.25, 0.3) is 0 Å². The van der Waals surface area contributed by atoms with E-state index in [0.29, 0.717) is 12.5 Å². The van der Waals surface area contributed by atoms with E-state index in [1.165, 1.54) is 5.56 Å². The predicted octanol–water partition coefficient (Wildman–Crippen LogP) is 4.50. The van der Waals surface area contributed by atoms with Crippen LogP contribution in [0.3, 0.4) is 0 Å². The minimum absolute atomic E-state index is 0.0107. The molecule has 1 aliphatic rings. The number of methoxy groups -OCH3 is 1. The molecule has 31 heavy (non-hydrogen) atoms. The molecule has 0 radical (unpaired) electrons. The van der Waals surface area contributed by atoms with Gasteiger partial charge in [0.1, 0.15) is 5.75 Å². The van der Waals surface area contributed by atoms with Crippen molar-refractivity contribution in [2.24, 2.45) is 0 Å². The van der Waals surface area contributed by atoms with Gasteiger partial charge in [0.05, 0.1) is 13.7 Å². The van der Waals surface area contributed by atoms with Crippen LogP contribution < -0.4 is 10.1 Å². The Kier molecular flexibility index (Phi) is 6.95. The molecule has 5 nitrogen and oxygen atoms in total. The fourth-order valence-electron chi connectivity index (χ4n) is 4.15. The van der Waals surface area contributed by atoms with Crippen LogP contribution in [-0.2, 0) is 11.2 Å². The molecule has 1 aliphatic heterocycles. The molecule has 2 heterocycles. The Morgan fingerprint density at radius 1 is 1.06 bits per heavy atom. The second-order valence-electron chi connectivity index (χ2n) is 8.07. The van der Waals surface area contributed by atoms with Crippen molar-refractivity contribution in [2.75, 3.05) is 32.1 Å². The first-order chi connectivity index (χ1) is 15.2. The maximum Gasteiger partial charge on any atom is 0.238 e. The average molecular weight is 416 g/mol. The number of hydrogen-bond donors (Lipinski definition) is 1. The van der Waals surface area contributed by atoms with Crippen molar-refractivity contribution in [3.63, 3.8) is 0 Å². The zero-order chi connectivity index (χ0) is 21.5. The number of amides is 1. The molecule has 3 aromatic rings. The molecule has 1 atom stereocenters. The van der Waals surface area contributed by atoms with E-state index in [1.807, 2.05) is 30.3 Å². The Bertz CT molecular complexity index is 989. The van der Waals surface area contributed by atoms with Gasteiger partial charge in [-0.25, -0.2) is 0 Å². The highest BCUT2D eigenvalue weighted by molar-refractivity contribution is 5.92. The minimum atomic E-state index is 0.0107. The highest BCUT2D eigenvalue weighted by Crippen LogP contribution is 2.26. The van der Waals surface area contributed by atoms with Gasteiger partial charge in [-0.2, -0.15) is 0 Å². The monoisotopic (exact) mass is 415 g/mol. The Hall–Kier alpha value is -3.18. The first-order valence-electron chi connectivity index (χ1n) is 10.9. The van der Waals surface area contributed by atoms with E-state index in [-0.39, 0.29) is 5.91 Å². The van der Waals surface area contributed by atoms with Gasteiger partial charge in [0.25, 0.3) is 0 Å². The number of benzene rings is 2. The lowest BCUT2D eigenvalue weighted by Gasteiger charge is -2.32. The Morgan fingerprint density at radius 3 is 2.65 bits per heavy atom. The fourth-order valence-corrected chi connectivity index (χ4v) is 4.15. The molecule has 0 saturated carbocycles. The van der Waals surface area contributed by atoms with Gasteiger partial charge < -0.3 is 10.1 Å². The molecular weight excluding hydrogens is 386 g/mol. The molecule has 1 N–H and O–H groups in total. The maximum atomic E-state index is 12.5. The lowest BCUT2D eigenvalue weighted by atomic mass is 9.94. The fraction of sp³-hybridized carbons (Fsp3) is 0.308. The number of aromatic nitrogens is 1. The number of carbonyl (C=O) groups excluding carboxylic acids is 1. The number of carbonyl (C=O) groups is 1. The Labute approximate surface area is 184 Å². The zero-order valence-corrected chi connectivity index (χ0v) is 18.0. The van der Waals surface area contributed by atoms with Gasteiger partial charge in [-0.15, -0.1) is 0 Å². The second-order valence-corrected chi connectivity index (χ2v) is 8.07. The number of nitrogens with one attached hydrogen (secondary N) is 1. The van der Waals surface area contributed by atoms with Crippen LogP contribution in [0.1, 0.15) is 35.7 Å². The smallest absolute Gasteiger partial charge is 0.238 e. The van der Waals surface area contributed by atoms with Crippen LogP contribution in [0.2, 0.25) is 0 Å². The number of piperidine rings is 1. The third kappa shape index (κ3) is 5.92. The van der Waals surface area contributed by atoms with E-state index >= 15 is 0 Å². The Balaban J connectivity index is 1.34. The SMILES string of the molecule is COc1ccc(NC(=O)CN2CCC[C@H](c3cccc(Cc4ccccc4)n3)C2)cc1. The highest BCUT2D eigenvalue weighted by atomic mass is 16.5. The number of ether oxygens (including phenoxy) is 1. The summed E-state index contributed by atoms with van der Waals surface area (Å²) in [7, 11) is 1.63. The number of pyridine rings is 1. The minimum Gasteiger partial charge on any atom is -0.497 e. The molecule has 4 rings (SSSR count). The van der Waals surface area contributed by atoms with Gasteiger partial charge in [-0.05, 0) is 61.3 Å². The normalized spacial score (nSPS) is 16.6. The van der Waals surface area contributed by atoms with E-state index in [9.17, 15) is 4.79 Å². The zero-order valence-electron chi connectivity index (χ0n) is 18.0. The second kappa shape index (κ2) is 10.2. The van der Waals surface area contributed by atoms with Crippen LogP contribution in [0.4, 0.5) is 5.69 Å². The van der Waals surface area contributed by atoms with E-state index in [4.69, 9.17) is 9.72 Å². The van der Waals surface area contributed by atoms with Gasteiger partial charge in [-0.3, -0.25) is 14.7 Å². The topological polar surface area (TPSA) is 54.5 Å². The van der Waals surface area contributed by atoms with Gasteiger partial charge in [0, 0.05) is 36.0 Å². The van der Waals surface area contributed by atoms with Crippen molar-refractivity contribution < 1.29 is 9.53 Å². The Morgan fingerprint density at radius 2 is 1.87 bits per heavy atom. The molecule has 0 spiro atoms. The number of hydrogen-bond acceptors (Lipinski definition) is 4. The van der Waals surface area contributed by atoms with E-state index in [2.05, 4.69) is 52.7 Å². The summed E-state index contributed by atoms with van der Waals surface area (Å²) in [6.45, 7) is 2.19. The highest BCUT2D eigenvalue weighted by Gasteiger charge is 2.24. The number of likely N-dealkylation sites (tertiary alicyclic amines) is 1. The summed E-state index contributed by atoms with van der Waals surface area (Å²) in [4.78, 5) is 19.7. The average Bonchev–Trinajstić information content (AvgIpc) is 2.80. The first-order valence-corrected chi connectivity index (χ1v) is 10.9. The molecule has 1 aromatic heterocycles. The van der Waals surface area contributed by atoms with Crippen LogP contribution >= 0.6 is 0 Å². The van der Waals surface area contributed by atoms with Crippen molar-refractivity contribution in [1.82, 2.24) is 9.88 Å². The lowest BCUT2D eigenvalue weighted by molar-refractivity contribution is -0.117. The van der Waals surface area contributed by atoms with Gasteiger partial charge in [0.2, 0.25) is 5.91 Å². The molecule has 0 unspecified atom stereocenters. The molecule has 5 heteroatoms. The molecule has 1 saturated heterocycles. The molecule has 160 valence electrons. The van der Waals surface area contributed by atoms with Gasteiger partial charge in [0.15, 0.2) is 0 Å². The van der Waals surface area contributed by atoms with E-state index in [1.54, 1.807) is 7.11 Å². The van der Waals surface area contributed by atoms with Crippen LogP contribution in [0, 0.1) is 0 Å². The molecule has 1 amide bonds. The molecule has 0 bridgehead atoms. The van der Waals surface area contributed by atoms with Crippen molar-refractivity contribution in [3.05, 3.63) is 89.7 Å².